The highest BCUT2D eigenvalue weighted by Crippen LogP contribution is 2.36. The summed E-state index contributed by atoms with van der Waals surface area (Å²) in [4.78, 5) is 30.6. The van der Waals surface area contributed by atoms with Gasteiger partial charge in [-0.05, 0) is 73.7 Å². The van der Waals surface area contributed by atoms with E-state index in [1.807, 2.05) is 42.5 Å². The second kappa shape index (κ2) is 9.39. The Kier molecular flexibility index (Phi) is 5.99. The van der Waals surface area contributed by atoms with E-state index in [2.05, 4.69) is 5.32 Å². The van der Waals surface area contributed by atoms with Crippen LogP contribution in [0.3, 0.4) is 0 Å². The lowest BCUT2D eigenvalue weighted by Crippen LogP contribution is -2.31. The fourth-order valence-corrected chi connectivity index (χ4v) is 4.35. The molecule has 3 aromatic heterocycles. The summed E-state index contributed by atoms with van der Waals surface area (Å²) in [5, 5.41) is 3.50. The van der Waals surface area contributed by atoms with Crippen LogP contribution in [0.5, 0.6) is 0 Å². The van der Waals surface area contributed by atoms with Gasteiger partial charge in [-0.15, -0.1) is 0 Å². The van der Waals surface area contributed by atoms with Crippen molar-refractivity contribution in [1.29, 1.82) is 0 Å². The summed E-state index contributed by atoms with van der Waals surface area (Å²) in [6, 6.07) is 14.4. The number of esters is 1. The molecule has 1 aromatic carbocycles. The summed E-state index contributed by atoms with van der Waals surface area (Å²) in [5.41, 5.74) is 3.82. The van der Waals surface area contributed by atoms with E-state index < -0.39 is 11.9 Å². The number of hydrogen-bond acceptors (Lipinski definition) is 6. The SMILES string of the molecule is CC(NC(=O)COC(=O)c1c2c(nc3ccccc13)C(=Cc1ccco1)CCC2)c1ccco1. The van der Waals surface area contributed by atoms with E-state index in [1.165, 1.54) is 0 Å². The molecule has 0 radical (unpaired) electrons. The van der Waals surface area contributed by atoms with Gasteiger partial charge < -0.3 is 18.9 Å². The second-order valence-electron chi connectivity index (χ2n) is 8.25. The summed E-state index contributed by atoms with van der Waals surface area (Å²) < 4.78 is 16.3. The molecule has 1 aliphatic rings. The third-order valence-corrected chi connectivity index (χ3v) is 5.92. The van der Waals surface area contributed by atoms with Gasteiger partial charge in [0.25, 0.3) is 5.91 Å². The van der Waals surface area contributed by atoms with Crippen molar-refractivity contribution in [2.45, 2.75) is 32.2 Å². The van der Waals surface area contributed by atoms with Crippen LogP contribution in [0, 0.1) is 0 Å². The number of carbonyl (C=O) groups is 2. The Labute approximate surface area is 196 Å². The Hall–Kier alpha value is -4.13. The van der Waals surface area contributed by atoms with Crippen LogP contribution in [-0.2, 0) is 16.0 Å². The maximum Gasteiger partial charge on any atom is 0.339 e. The minimum absolute atomic E-state index is 0.329. The number of nitrogens with zero attached hydrogens (tertiary/aromatic N) is 1. The number of fused-ring (bicyclic) bond motifs is 2. The number of nitrogens with one attached hydrogen (secondary N) is 1. The molecule has 1 amide bonds. The summed E-state index contributed by atoms with van der Waals surface area (Å²) in [6.07, 6.45) is 7.56. The minimum Gasteiger partial charge on any atom is -0.467 e. The summed E-state index contributed by atoms with van der Waals surface area (Å²) in [5.74, 6) is 0.437. The lowest BCUT2D eigenvalue weighted by molar-refractivity contribution is -0.125. The lowest BCUT2D eigenvalue weighted by Gasteiger charge is -2.22. The van der Waals surface area contributed by atoms with Crippen molar-refractivity contribution in [1.82, 2.24) is 10.3 Å². The molecular weight excluding hydrogens is 432 g/mol. The van der Waals surface area contributed by atoms with Gasteiger partial charge in [0.1, 0.15) is 11.5 Å². The Balaban J connectivity index is 1.43. The summed E-state index contributed by atoms with van der Waals surface area (Å²) >= 11 is 0. The van der Waals surface area contributed by atoms with Gasteiger partial charge in [-0.1, -0.05) is 18.2 Å². The molecule has 1 unspecified atom stereocenters. The van der Waals surface area contributed by atoms with Crippen LogP contribution < -0.4 is 5.32 Å². The standard InChI is InChI=1S/C27H24N2O5/c1-17(23-12-6-14-33-23)28-24(30)16-34-27(31)25-20-9-2-3-11-22(20)29-26-18(7-4-10-21(25)26)15-19-8-5-13-32-19/h2-3,5-6,8-9,11-15,17H,4,7,10,16H2,1H3,(H,28,30). The van der Waals surface area contributed by atoms with Crippen LogP contribution in [0.4, 0.5) is 0 Å². The molecule has 0 saturated carbocycles. The third kappa shape index (κ3) is 4.37. The molecule has 3 heterocycles. The van der Waals surface area contributed by atoms with Crippen molar-refractivity contribution < 1.29 is 23.2 Å². The molecule has 0 aliphatic heterocycles. The fraction of sp³-hybridized carbons (Fsp3) is 0.222. The Morgan fingerprint density at radius 2 is 1.91 bits per heavy atom. The van der Waals surface area contributed by atoms with E-state index in [9.17, 15) is 9.59 Å². The largest absolute Gasteiger partial charge is 0.467 e. The molecule has 7 heteroatoms. The zero-order valence-electron chi connectivity index (χ0n) is 18.7. The number of pyridine rings is 1. The molecule has 4 aromatic rings. The first-order valence-corrected chi connectivity index (χ1v) is 11.3. The smallest absolute Gasteiger partial charge is 0.339 e. The van der Waals surface area contributed by atoms with Gasteiger partial charge in [0.2, 0.25) is 0 Å². The van der Waals surface area contributed by atoms with E-state index in [1.54, 1.807) is 31.6 Å². The van der Waals surface area contributed by atoms with Crippen LogP contribution in [-0.4, -0.2) is 23.5 Å². The van der Waals surface area contributed by atoms with E-state index in [4.69, 9.17) is 18.6 Å². The Morgan fingerprint density at radius 1 is 1.09 bits per heavy atom. The van der Waals surface area contributed by atoms with Crippen LogP contribution in [0.25, 0.3) is 22.6 Å². The highest BCUT2D eigenvalue weighted by atomic mass is 16.5. The van der Waals surface area contributed by atoms with Crippen molar-refractivity contribution >= 4 is 34.4 Å². The number of carbonyl (C=O) groups excluding carboxylic acids is 2. The predicted octanol–water partition coefficient (Wildman–Crippen LogP) is 5.33. The van der Waals surface area contributed by atoms with Crippen molar-refractivity contribution in [3.8, 4) is 0 Å². The van der Waals surface area contributed by atoms with Gasteiger partial charge in [0.05, 0.1) is 35.3 Å². The molecule has 1 N–H and O–H groups in total. The maximum absolute atomic E-state index is 13.3. The second-order valence-corrected chi connectivity index (χ2v) is 8.25. The van der Waals surface area contributed by atoms with Crippen LogP contribution in [0.1, 0.15) is 58.9 Å². The quantitative estimate of drug-likeness (QED) is 0.394. The molecule has 7 nitrogen and oxygen atoms in total. The van der Waals surface area contributed by atoms with Gasteiger partial charge in [0, 0.05) is 5.39 Å². The summed E-state index contributed by atoms with van der Waals surface area (Å²) in [6.45, 7) is 1.42. The van der Waals surface area contributed by atoms with Crippen molar-refractivity contribution in [3.05, 3.63) is 89.4 Å². The number of furan rings is 2. The van der Waals surface area contributed by atoms with E-state index in [0.29, 0.717) is 23.3 Å². The molecule has 0 bridgehead atoms. The monoisotopic (exact) mass is 456 g/mol. The van der Waals surface area contributed by atoms with Gasteiger partial charge in [-0.3, -0.25) is 4.79 Å². The molecular formula is C27H24N2O5. The fourth-order valence-electron chi connectivity index (χ4n) is 4.35. The first kappa shape index (κ1) is 21.7. The number of amides is 1. The van der Waals surface area contributed by atoms with Crippen LogP contribution in [0.15, 0.2) is 69.9 Å². The van der Waals surface area contributed by atoms with Gasteiger partial charge in [0.15, 0.2) is 6.61 Å². The lowest BCUT2D eigenvalue weighted by atomic mass is 9.86. The molecule has 1 atom stereocenters. The molecule has 5 rings (SSSR count). The number of ether oxygens (including phenoxy) is 1. The number of allylic oxidation sites excluding steroid dienone is 1. The van der Waals surface area contributed by atoms with Crippen LogP contribution >= 0.6 is 0 Å². The highest BCUT2D eigenvalue weighted by molar-refractivity contribution is 6.07. The minimum atomic E-state index is -0.532. The predicted molar refractivity (Wildman–Crippen MR) is 127 cm³/mol. The van der Waals surface area contributed by atoms with Gasteiger partial charge >= 0.3 is 5.97 Å². The van der Waals surface area contributed by atoms with Crippen molar-refractivity contribution in [3.63, 3.8) is 0 Å². The van der Waals surface area contributed by atoms with E-state index >= 15 is 0 Å². The molecule has 0 spiro atoms. The number of hydrogen-bond donors (Lipinski definition) is 1. The van der Waals surface area contributed by atoms with Crippen LogP contribution in [0.2, 0.25) is 0 Å². The molecule has 34 heavy (non-hydrogen) atoms. The normalized spacial score (nSPS) is 15.1. The number of para-hydroxylation sites is 1. The number of rotatable bonds is 6. The Bertz CT molecular complexity index is 1350. The number of benzene rings is 1. The van der Waals surface area contributed by atoms with E-state index in [-0.39, 0.29) is 12.6 Å². The molecule has 0 fully saturated rings. The third-order valence-electron chi connectivity index (χ3n) is 5.92. The van der Waals surface area contributed by atoms with Gasteiger partial charge in [-0.25, -0.2) is 9.78 Å². The highest BCUT2D eigenvalue weighted by Gasteiger charge is 2.26. The zero-order valence-corrected chi connectivity index (χ0v) is 18.7. The molecule has 172 valence electrons. The van der Waals surface area contributed by atoms with Crippen molar-refractivity contribution in [2.75, 3.05) is 6.61 Å². The first-order chi connectivity index (χ1) is 16.6. The van der Waals surface area contributed by atoms with Gasteiger partial charge in [-0.2, -0.15) is 0 Å². The number of aromatic nitrogens is 1. The zero-order chi connectivity index (χ0) is 23.5. The average molecular weight is 456 g/mol. The first-order valence-electron chi connectivity index (χ1n) is 11.3. The molecule has 0 saturated heterocycles. The van der Waals surface area contributed by atoms with E-state index in [0.717, 1.165) is 40.8 Å². The van der Waals surface area contributed by atoms with Crippen molar-refractivity contribution in [2.24, 2.45) is 0 Å². The summed E-state index contributed by atoms with van der Waals surface area (Å²) in [7, 11) is 0. The maximum atomic E-state index is 13.3. The molecule has 1 aliphatic carbocycles. The average Bonchev–Trinajstić information content (AvgIpc) is 3.56. The Morgan fingerprint density at radius 3 is 2.71 bits per heavy atom. The topological polar surface area (TPSA) is 94.6 Å².